The lowest BCUT2D eigenvalue weighted by Crippen LogP contribution is -2.35. The highest BCUT2D eigenvalue weighted by Crippen LogP contribution is 2.35. The molecule has 1 saturated heterocycles. The van der Waals surface area contributed by atoms with Crippen LogP contribution in [-0.4, -0.2) is 32.9 Å². The summed E-state index contributed by atoms with van der Waals surface area (Å²) in [5, 5.41) is 4.18. The van der Waals surface area contributed by atoms with Gasteiger partial charge in [-0.15, -0.1) is 22.7 Å². The highest BCUT2D eigenvalue weighted by Gasteiger charge is 2.17. The summed E-state index contributed by atoms with van der Waals surface area (Å²) in [6, 6.07) is 14.8. The molecule has 0 amide bonds. The van der Waals surface area contributed by atoms with Crippen LogP contribution in [0.4, 0.5) is 0 Å². The Labute approximate surface area is 184 Å². The van der Waals surface area contributed by atoms with Crippen LogP contribution < -0.4 is 0 Å². The van der Waals surface area contributed by atoms with Crippen LogP contribution in [0, 0.1) is 0 Å². The zero-order valence-electron chi connectivity index (χ0n) is 16.0. The maximum Gasteiger partial charge on any atom is 0.108 e. The van der Waals surface area contributed by atoms with Gasteiger partial charge in [0, 0.05) is 19.5 Å². The third-order valence-corrected chi connectivity index (χ3v) is 7.46. The summed E-state index contributed by atoms with van der Waals surface area (Å²) in [5.41, 5.74) is 5.01. The Bertz CT molecular complexity index is 1130. The lowest BCUT2D eigenvalue weighted by molar-refractivity contribution is 0.343. The number of aromatic nitrogens is 2. The highest BCUT2D eigenvalue weighted by atomic mass is 32.1. The van der Waals surface area contributed by atoms with Crippen molar-refractivity contribution >= 4 is 50.9 Å². The quantitative estimate of drug-likeness (QED) is 0.345. The van der Waals surface area contributed by atoms with E-state index in [1.807, 2.05) is 0 Å². The zero-order chi connectivity index (χ0) is 19.6. The second-order valence-corrected chi connectivity index (χ2v) is 9.68. The van der Waals surface area contributed by atoms with E-state index >= 15 is 0 Å². The number of hydrogen-bond donors (Lipinski definition) is 0. The van der Waals surface area contributed by atoms with Gasteiger partial charge >= 0.3 is 0 Å². The number of piperidine rings is 1. The van der Waals surface area contributed by atoms with Gasteiger partial charge in [0.1, 0.15) is 11.4 Å². The maximum atomic E-state index is 5.74. The van der Waals surface area contributed by atoms with E-state index in [-0.39, 0.29) is 0 Å². The third-order valence-electron chi connectivity index (χ3n) is 5.30. The van der Waals surface area contributed by atoms with Crippen molar-refractivity contribution in [2.75, 3.05) is 13.1 Å². The Hall–Kier alpha value is -2.15. The number of thiocarbonyl (C=S) groups is 1. The molecule has 5 rings (SSSR count). The van der Waals surface area contributed by atoms with Crippen molar-refractivity contribution in [2.45, 2.75) is 25.7 Å². The van der Waals surface area contributed by atoms with Crippen LogP contribution in [-0.2, 0) is 6.42 Å². The molecule has 1 fully saturated rings. The first kappa shape index (κ1) is 18.9. The first-order chi connectivity index (χ1) is 14.3. The number of thiophene rings is 2. The topological polar surface area (TPSA) is 29.0 Å². The molecular weight excluding hydrogens is 414 g/mol. The number of fused-ring (bicyclic) bond motifs is 1. The fourth-order valence-corrected chi connectivity index (χ4v) is 5.59. The van der Waals surface area contributed by atoms with Gasteiger partial charge in [-0.05, 0) is 59.9 Å². The van der Waals surface area contributed by atoms with E-state index in [2.05, 4.69) is 58.1 Å². The largest absolute Gasteiger partial charge is 0.366 e. The first-order valence-corrected chi connectivity index (χ1v) is 12.1. The summed E-state index contributed by atoms with van der Waals surface area (Å²) in [6.45, 7) is 2.19. The Kier molecular flexibility index (Phi) is 5.40. The van der Waals surface area contributed by atoms with Crippen molar-refractivity contribution in [1.29, 1.82) is 0 Å². The van der Waals surface area contributed by atoms with Gasteiger partial charge in [0.2, 0.25) is 0 Å². The van der Waals surface area contributed by atoms with Crippen molar-refractivity contribution in [3.63, 3.8) is 0 Å². The predicted molar refractivity (Wildman–Crippen MR) is 128 cm³/mol. The van der Waals surface area contributed by atoms with E-state index in [4.69, 9.17) is 22.2 Å². The maximum absolute atomic E-state index is 5.74. The molecule has 0 saturated carbocycles. The first-order valence-electron chi connectivity index (χ1n) is 9.94. The summed E-state index contributed by atoms with van der Waals surface area (Å²) in [5.74, 6) is 0. The minimum Gasteiger partial charge on any atom is -0.366 e. The molecule has 6 heteroatoms. The normalized spacial score (nSPS) is 14.4. The zero-order valence-corrected chi connectivity index (χ0v) is 18.5. The number of rotatable bonds is 4. The minimum absolute atomic E-state index is 0.800. The molecule has 1 aromatic carbocycles. The van der Waals surface area contributed by atoms with Crippen molar-refractivity contribution < 1.29 is 0 Å². The number of nitrogens with zero attached hydrogens (tertiary/aromatic N) is 3. The fourth-order valence-electron chi connectivity index (χ4n) is 3.81. The molecule has 0 aliphatic carbocycles. The van der Waals surface area contributed by atoms with Crippen LogP contribution in [0.1, 0.15) is 24.8 Å². The van der Waals surface area contributed by atoms with Gasteiger partial charge in [0.05, 0.1) is 25.8 Å². The summed E-state index contributed by atoms with van der Waals surface area (Å²) in [4.78, 5) is 15.8. The SMILES string of the molecule is S=C(Cc1ccc2nc(-c3cccs3)c(-c3cccs3)nc2c1)N1CCCCC1. The molecule has 1 aliphatic heterocycles. The Morgan fingerprint density at radius 1 is 0.862 bits per heavy atom. The molecule has 0 bridgehead atoms. The van der Waals surface area contributed by atoms with E-state index in [0.29, 0.717) is 0 Å². The van der Waals surface area contributed by atoms with Crippen molar-refractivity contribution in [3.05, 3.63) is 58.8 Å². The predicted octanol–water partition coefficient (Wildman–Crippen LogP) is 6.44. The summed E-state index contributed by atoms with van der Waals surface area (Å²) < 4.78 is 0. The second-order valence-electron chi connectivity index (χ2n) is 7.32. The third kappa shape index (κ3) is 3.97. The smallest absolute Gasteiger partial charge is 0.108 e. The van der Waals surface area contributed by atoms with Gasteiger partial charge < -0.3 is 4.90 Å². The number of hydrogen-bond acceptors (Lipinski definition) is 5. The van der Waals surface area contributed by atoms with Gasteiger partial charge in [0.25, 0.3) is 0 Å². The Balaban J connectivity index is 1.52. The molecule has 4 heterocycles. The lowest BCUT2D eigenvalue weighted by Gasteiger charge is -2.29. The average molecular weight is 436 g/mol. The number of likely N-dealkylation sites (tertiary alicyclic amines) is 1. The number of benzene rings is 1. The van der Waals surface area contributed by atoms with Crippen LogP contribution >= 0.6 is 34.9 Å². The summed E-state index contributed by atoms with van der Waals surface area (Å²) in [7, 11) is 0. The van der Waals surface area contributed by atoms with Crippen molar-refractivity contribution in [2.24, 2.45) is 0 Å². The molecule has 0 N–H and O–H groups in total. The summed E-state index contributed by atoms with van der Waals surface area (Å²) in [6.07, 6.45) is 4.62. The summed E-state index contributed by atoms with van der Waals surface area (Å²) >= 11 is 9.14. The highest BCUT2D eigenvalue weighted by molar-refractivity contribution is 7.80. The molecule has 0 unspecified atom stereocenters. The molecule has 0 atom stereocenters. The van der Waals surface area contributed by atoms with Crippen LogP contribution in [0.5, 0.6) is 0 Å². The molecule has 29 heavy (non-hydrogen) atoms. The Morgan fingerprint density at radius 3 is 2.14 bits per heavy atom. The molecule has 3 aromatic heterocycles. The van der Waals surface area contributed by atoms with Crippen LogP contribution in [0.25, 0.3) is 32.2 Å². The van der Waals surface area contributed by atoms with Crippen molar-refractivity contribution in [1.82, 2.24) is 14.9 Å². The Morgan fingerprint density at radius 2 is 1.52 bits per heavy atom. The molecule has 1 aliphatic rings. The lowest BCUT2D eigenvalue weighted by atomic mass is 10.1. The molecule has 4 aromatic rings. The average Bonchev–Trinajstić information content (AvgIpc) is 3.47. The monoisotopic (exact) mass is 435 g/mol. The van der Waals surface area contributed by atoms with E-state index < -0.39 is 0 Å². The molecule has 0 radical (unpaired) electrons. The molecule has 0 spiro atoms. The van der Waals surface area contributed by atoms with E-state index in [0.717, 1.165) is 56.7 Å². The van der Waals surface area contributed by atoms with Gasteiger partial charge in [-0.25, -0.2) is 9.97 Å². The minimum atomic E-state index is 0.800. The van der Waals surface area contributed by atoms with Crippen LogP contribution in [0.2, 0.25) is 0 Å². The van der Waals surface area contributed by atoms with Crippen LogP contribution in [0.3, 0.4) is 0 Å². The van der Waals surface area contributed by atoms with Gasteiger partial charge in [0.15, 0.2) is 0 Å². The van der Waals surface area contributed by atoms with Gasteiger partial charge in [-0.3, -0.25) is 0 Å². The second kappa shape index (κ2) is 8.30. The molecule has 146 valence electrons. The van der Waals surface area contributed by atoms with Gasteiger partial charge in [-0.1, -0.05) is 30.4 Å². The molecular formula is C23H21N3S3. The fraction of sp³-hybridized carbons (Fsp3) is 0.261. The van der Waals surface area contributed by atoms with E-state index in [1.165, 1.54) is 24.8 Å². The van der Waals surface area contributed by atoms with Gasteiger partial charge in [-0.2, -0.15) is 0 Å². The van der Waals surface area contributed by atoms with Crippen LogP contribution in [0.15, 0.2) is 53.2 Å². The standard InChI is InChI=1S/C23H21N3S3/c27-21(26-10-2-1-3-11-26)15-16-8-9-17-18(14-16)25-23(20-7-5-13-29-20)22(24-17)19-6-4-12-28-19/h4-9,12-14H,1-3,10-11,15H2. The van der Waals surface area contributed by atoms with E-state index in [9.17, 15) is 0 Å². The van der Waals surface area contributed by atoms with E-state index in [1.54, 1.807) is 22.7 Å². The molecule has 3 nitrogen and oxygen atoms in total. The van der Waals surface area contributed by atoms with Crippen molar-refractivity contribution in [3.8, 4) is 21.1 Å².